The third-order valence-corrected chi connectivity index (χ3v) is 5.14. The Bertz CT molecular complexity index is 557. The van der Waals surface area contributed by atoms with Crippen LogP contribution < -0.4 is 0 Å². The lowest BCUT2D eigenvalue weighted by Crippen LogP contribution is -2.10. The van der Waals surface area contributed by atoms with E-state index in [9.17, 15) is 8.42 Å². The molecule has 0 heterocycles. The van der Waals surface area contributed by atoms with E-state index in [2.05, 4.69) is 30.8 Å². The molecule has 1 aromatic carbocycles. The van der Waals surface area contributed by atoms with Crippen LogP contribution in [-0.2, 0) is 20.7 Å². The summed E-state index contributed by atoms with van der Waals surface area (Å²) in [7, 11) is -3.43. The average molecular weight is 308 g/mol. The number of benzene rings is 1. The fraction of sp³-hybridized carbons (Fsp3) is 0.529. The Labute approximate surface area is 128 Å². The molecule has 0 aromatic heterocycles. The van der Waals surface area contributed by atoms with Crippen molar-refractivity contribution in [3.63, 3.8) is 0 Å². The minimum absolute atomic E-state index is 0.121. The Hall–Kier alpha value is -1.13. The van der Waals surface area contributed by atoms with Crippen molar-refractivity contribution in [1.82, 2.24) is 0 Å². The number of aryl methyl sites for hydroxylation is 1. The second-order valence-corrected chi connectivity index (χ2v) is 7.35. The van der Waals surface area contributed by atoms with E-state index in [1.54, 1.807) is 0 Å². The van der Waals surface area contributed by atoms with Crippen molar-refractivity contribution in [1.29, 1.82) is 0 Å². The molecule has 0 N–H and O–H groups in total. The first-order valence-electron chi connectivity index (χ1n) is 7.67. The predicted molar refractivity (Wildman–Crippen MR) is 85.9 cm³/mol. The summed E-state index contributed by atoms with van der Waals surface area (Å²) in [6, 6.07) is 8.70. The van der Waals surface area contributed by atoms with E-state index >= 15 is 0 Å². The van der Waals surface area contributed by atoms with E-state index in [0.717, 1.165) is 6.42 Å². The first-order valence-corrected chi connectivity index (χ1v) is 9.25. The zero-order chi connectivity index (χ0) is 15.1. The number of hydrogen-bond donors (Lipinski definition) is 0. The molecule has 0 unspecified atom stereocenters. The highest BCUT2D eigenvalue weighted by atomic mass is 32.2. The van der Waals surface area contributed by atoms with Crippen molar-refractivity contribution in [3.8, 4) is 0 Å². The van der Waals surface area contributed by atoms with Gasteiger partial charge in [0.05, 0.1) is 12.4 Å². The SMILES string of the molecule is C=CCS(=O)(=O)OCCCc1cccc(C2CCCC2)c1. The van der Waals surface area contributed by atoms with Gasteiger partial charge in [-0.25, -0.2) is 0 Å². The number of rotatable bonds is 8. The maximum absolute atomic E-state index is 11.4. The van der Waals surface area contributed by atoms with Crippen LogP contribution in [0.3, 0.4) is 0 Å². The highest BCUT2D eigenvalue weighted by Gasteiger charge is 2.16. The number of hydrogen-bond acceptors (Lipinski definition) is 3. The second-order valence-electron chi connectivity index (χ2n) is 5.66. The molecule has 1 fully saturated rings. The van der Waals surface area contributed by atoms with Crippen LogP contribution in [-0.4, -0.2) is 20.8 Å². The summed E-state index contributed by atoms with van der Waals surface area (Å²) in [5, 5.41) is 0. The lowest BCUT2D eigenvalue weighted by molar-refractivity contribution is 0.314. The van der Waals surface area contributed by atoms with E-state index in [0.29, 0.717) is 12.3 Å². The molecule has 1 aromatic rings. The first kappa shape index (κ1) is 16.2. The molecule has 0 atom stereocenters. The van der Waals surface area contributed by atoms with Crippen LogP contribution in [0.2, 0.25) is 0 Å². The Morgan fingerprint density at radius 1 is 1.29 bits per heavy atom. The maximum Gasteiger partial charge on any atom is 0.270 e. The fourth-order valence-corrected chi connectivity index (χ4v) is 3.67. The molecule has 0 aliphatic heterocycles. The fourth-order valence-electron chi connectivity index (χ4n) is 2.92. The van der Waals surface area contributed by atoms with Gasteiger partial charge < -0.3 is 0 Å². The molecule has 0 bridgehead atoms. The minimum atomic E-state index is -3.43. The van der Waals surface area contributed by atoms with Gasteiger partial charge in [0, 0.05) is 0 Å². The third kappa shape index (κ3) is 5.29. The van der Waals surface area contributed by atoms with Crippen LogP contribution in [0.25, 0.3) is 0 Å². The van der Waals surface area contributed by atoms with E-state index in [-0.39, 0.29) is 12.4 Å². The topological polar surface area (TPSA) is 43.4 Å². The van der Waals surface area contributed by atoms with E-state index in [1.165, 1.54) is 42.9 Å². The molecule has 0 radical (unpaired) electrons. The monoisotopic (exact) mass is 308 g/mol. The van der Waals surface area contributed by atoms with Gasteiger partial charge in [-0.15, -0.1) is 6.58 Å². The Balaban J connectivity index is 1.80. The molecule has 0 amide bonds. The Morgan fingerprint density at radius 2 is 2.05 bits per heavy atom. The summed E-state index contributed by atoms with van der Waals surface area (Å²) in [5.41, 5.74) is 2.70. The smallest absolute Gasteiger partial charge is 0.270 e. The zero-order valence-electron chi connectivity index (χ0n) is 12.5. The van der Waals surface area contributed by atoms with Gasteiger partial charge in [-0.2, -0.15) is 8.42 Å². The highest BCUT2D eigenvalue weighted by molar-refractivity contribution is 7.86. The van der Waals surface area contributed by atoms with Gasteiger partial charge in [-0.1, -0.05) is 43.2 Å². The van der Waals surface area contributed by atoms with Crippen LogP contribution in [0, 0.1) is 0 Å². The van der Waals surface area contributed by atoms with Crippen molar-refractivity contribution in [2.24, 2.45) is 0 Å². The van der Waals surface area contributed by atoms with Crippen LogP contribution in [0.1, 0.15) is 49.1 Å². The van der Waals surface area contributed by atoms with Crippen molar-refractivity contribution in [2.75, 3.05) is 12.4 Å². The Kier molecular flexibility index (Phi) is 6.00. The summed E-state index contributed by atoms with van der Waals surface area (Å²) in [4.78, 5) is 0. The van der Waals surface area contributed by atoms with Gasteiger partial charge in [-0.3, -0.25) is 4.18 Å². The van der Waals surface area contributed by atoms with Gasteiger partial charge >= 0.3 is 0 Å². The van der Waals surface area contributed by atoms with Crippen molar-refractivity contribution < 1.29 is 12.6 Å². The molecule has 0 spiro atoms. The third-order valence-electron chi connectivity index (χ3n) is 3.97. The molecule has 116 valence electrons. The zero-order valence-corrected chi connectivity index (χ0v) is 13.3. The quantitative estimate of drug-likeness (QED) is 0.417. The summed E-state index contributed by atoms with van der Waals surface area (Å²) in [5.74, 6) is 0.596. The lowest BCUT2D eigenvalue weighted by Gasteiger charge is -2.11. The van der Waals surface area contributed by atoms with Crippen molar-refractivity contribution in [3.05, 3.63) is 48.0 Å². The van der Waals surface area contributed by atoms with Gasteiger partial charge in [-0.05, 0) is 42.7 Å². The van der Waals surface area contributed by atoms with Crippen LogP contribution in [0.15, 0.2) is 36.9 Å². The van der Waals surface area contributed by atoms with Crippen LogP contribution >= 0.6 is 0 Å². The molecule has 21 heavy (non-hydrogen) atoms. The average Bonchev–Trinajstić information content (AvgIpc) is 2.98. The van der Waals surface area contributed by atoms with E-state index in [1.807, 2.05) is 0 Å². The minimum Gasteiger partial charge on any atom is -0.270 e. The maximum atomic E-state index is 11.4. The predicted octanol–water partition coefficient (Wildman–Crippen LogP) is 3.81. The lowest BCUT2D eigenvalue weighted by atomic mass is 9.95. The van der Waals surface area contributed by atoms with E-state index < -0.39 is 10.1 Å². The molecule has 2 rings (SSSR count). The van der Waals surface area contributed by atoms with Gasteiger partial charge in [0.15, 0.2) is 0 Å². The molecule has 1 saturated carbocycles. The van der Waals surface area contributed by atoms with Gasteiger partial charge in [0.2, 0.25) is 0 Å². The van der Waals surface area contributed by atoms with Crippen LogP contribution in [0.5, 0.6) is 0 Å². The summed E-state index contributed by atoms with van der Waals surface area (Å²) < 4.78 is 27.7. The normalized spacial score (nSPS) is 16.2. The van der Waals surface area contributed by atoms with E-state index in [4.69, 9.17) is 4.18 Å². The summed E-state index contributed by atoms with van der Waals surface area (Å²) in [6.45, 7) is 3.65. The summed E-state index contributed by atoms with van der Waals surface area (Å²) in [6.07, 6.45) is 8.18. The molecular formula is C17H24O3S. The van der Waals surface area contributed by atoms with Crippen molar-refractivity contribution in [2.45, 2.75) is 44.4 Å². The van der Waals surface area contributed by atoms with Crippen molar-refractivity contribution >= 4 is 10.1 Å². The summed E-state index contributed by atoms with van der Waals surface area (Å²) >= 11 is 0. The highest BCUT2D eigenvalue weighted by Crippen LogP contribution is 2.34. The molecular weight excluding hydrogens is 284 g/mol. The van der Waals surface area contributed by atoms with Crippen LogP contribution in [0.4, 0.5) is 0 Å². The van der Waals surface area contributed by atoms with Gasteiger partial charge in [0.1, 0.15) is 0 Å². The molecule has 1 aliphatic carbocycles. The molecule has 1 aliphatic rings. The largest absolute Gasteiger partial charge is 0.270 e. The molecule has 0 saturated heterocycles. The molecule has 4 heteroatoms. The molecule has 3 nitrogen and oxygen atoms in total. The van der Waals surface area contributed by atoms with Gasteiger partial charge in [0.25, 0.3) is 10.1 Å². The second kappa shape index (κ2) is 7.76. The standard InChI is InChI=1S/C17H24O3S/c1-2-13-21(18,19)20-12-6-8-15-7-5-11-17(14-15)16-9-3-4-10-16/h2,5,7,11,14,16H,1,3-4,6,8-10,12-13H2. The Morgan fingerprint density at radius 3 is 2.76 bits per heavy atom. The first-order chi connectivity index (χ1) is 10.1.